The molecule has 2 fully saturated rings. The number of aliphatic hydroxyl groups excluding tert-OH is 1. The Bertz CT molecular complexity index is 625. The standard InChI is InChI=1S/C18H29N5O3/c1-5-6-14(18(2,3)26)21-22-16-17(19-4)23(15(25)11-20-16)12-7-9-13(24)10-8-12/h5-6,12-13,21,24,26H,1,7-11H2,2-4H3,(H,20,22)/b14-6-,19-17+/t12-,13-. The molecule has 1 saturated heterocycles. The van der Waals surface area contributed by atoms with Crippen molar-refractivity contribution in [1.29, 1.82) is 0 Å². The summed E-state index contributed by atoms with van der Waals surface area (Å²) in [6.07, 6.45) is 5.73. The summed E-state index contributed by atoms with van der Waals surface area (Å²) in [7, 11) is 1.62. The molecule has 0 unspecified atom stereocenters. The first-order valence-electron chi connectivity index (χ1n) is 8.88. The first-order chi connectivity index (χ1) is 12.3. The van der Waals surface area contributed by atoms with Gasteiger partial charge in [-0.05, 0) is 45.6 Å². The van der Waals surface area contributed by atoms with Gasteiger partial charge in [-0.15, -0.1) is 0 Å². The number of hydrazone groups is 1. The van der Waals surface area contributed by atoms with E-state index in [0.717, 1.165) is 12.8 Å². The van der Waals surface area contributed by atoms with E-state index in [9.17, 15) is 15.0 Å². The lowest BCUT2D eigenvalue weighted by atomic mass is 9.91. The average molecular weight is 363 g/mol. The lowest BCUT2D eigenvalue weighted by Gasteiger charge is -2.39. The van der Waals surface area contributed by atoms with Crippen molar-refractivity contribution in [2.75, 3.05) is 13.6 Å². The molecule has 1 saturated carbocycles. The van der Waals surface area contributed by atoms with E-state index in [1.807, 2.05) is 0 Å². The van der Waals surface area contributed by atoms with Gasteiger partial charge < -0.3 is 15.5 Å². The Hall–Kier alpha value is -2.19. The summed E-state index contributed by atoms with van der Waals surface area (Å²) in [6.45, 7) is 7.05. The molecule has 0 atom stereocenters. The molecule has 0 bridgehead atoms. The van der Waals surface area contributed by atoms with Crippen LogP contribution in [0.1, 0.15) is 39.5 Å². The first-order valence-corrected chi connectivity index (χ1v) is 8.88. The number of aliphatic imine (C=N–C) groups is 1. The molecular formula is C18H29N5O3. The van der Waals surface area contributed by atoms with E-state index in [2.05, 4.69) is 27.4 Å². The fraction of sp³-hybridized carbons (Fsp3) is 0.611. The van der Waals surface area contributed by atoms with Crippen LogP contribution in [0.5, 0.6) is 0 Å². The number of carbonyl (C=O) groups is 1. The summed E-state index contributed by atoms with van der Waals surface area (Å²) in [5.41, 5.74) is 2.20. The second kappa shape index (κ2) is 8.46. The van der Waals surface area contributed by atoms with Crippen molar-refractivity contribution in [3.05, 3.63) is 24.4 Å². The van der Waals surface area contributed by atoms with E-state index < -0.39 is 5.60 Å². The summed E-state index contributed by atoms with van der Waals surface area (Å²) < 4.78 is 0. The topological polar surface area (TPSA) is 110 Å². The zero-order valence-corrected chi connectivity index (χ0v) is 15.7. The molecule has 1 heterocycles. The maximum absolute atomic E-state index is 12.5. The maximum atomic E-state index is 12.5. The van der Waals surface area contributed by atoms with Crippen molar-refractivity contribution in [2.24, 2.45) is 10.1 Å². The van der Waals surface area contributed by atoms with Gasteiger partial charge in [0.1, 0.15) is 5.60 Å². The minimum absolute atomic E-state index is 0.00868. The number of aliphatic hydroxyl groups is 2. The number of hydrogen-bond acceptors (Lipinski definition) is 6. The van der Waals surface area contributed by atoms with Crippen molar-refractivity contribution < 1.29 is 15.0 Å². The highest BCUT2D eigenvalue weighted by Gasteiger charge is 2.36. The van der Waals surface area contributed by atoms with Gasteiger partial charge in [0.2, 0.25) is 5.91 Å². The Morgan fingerprint density at radius 3 is 2.58 bits per heavy atom. The number of rotatable bonds is 5. The van der Waals surface area contributed by atoms with Crippen LogP contribution in [0.2, 0.25) is 0 Å². The zero-order chi connectivity index (χ0) is 19.3. The maximum Gasteiger partial charge on any atom is 0.247 e. The highest BCUT2D eigenvalue weighted by atomic mass is 16.3. The predicted molar refractivity (Wildman–Crippen MR) is 102 cm³/mol. The number of amides is 1. The molecule has 26 heavy (non-hydrogen) atoms. The van der Waals surface area contributed by atoms with Crippen molar-refractivity contribution in [2.45, 2.75) is 57.3 Å². The third-order valence-corrected chi connectivity index (χ3v) is 4.59. The number of piperazine rings is 1. The number of carbonyl (C=O) groups excluding carboxylic acids is 1. The van der Waals surface area contributed by atoms with Gasteiger partial charge in [0.05, 0.1) is 18.3 Å². The van der Waals surface area contributed by atoms with Gasteiger partial charge >= 0.3 is 0 Å². The normalized spacial score (nSPS) is 28.3. The third-order valence-electron chi connectivity index (χ3n) is 4.59. The van der Waals surface area contributed by atoms with Crippen molar-refractivity contribution in [3.8, 4) is 0 Å². The number of allylic oxidation sites excluding steroid dienone is 2. The molecule has 8 nitrogen and oxygen atoms in total. The molecule has 1 aliphatic heterocycles. The van der Waals surface area contributed by atoms with Crippen molar-refractivity contribution >= 4 is 17.6 Å². The Kier molecular flexibility index (Phi) is 6.55. The summed E-state index contributed by atoms with van der Waals surface area (Å²) >= 11 is 0. The Balaban J connectivity index is 2.22. The summed E-state index contributed by atoms with van der Waals surface area (Å²) in [5, 5.41) is 27.2. The minimum Gasteiger partial charge on any atom is -0.393 e. The molecule has 4 N–H and O–H groups in total. The molecule has 0 aromatic rings. The van der Waals surface area contributed by atoms with Crippen molar-refractivity contribution in [1.82, 2.24) is 15.6 Å². The van der Waals surface area contributed by atoms with Crippen LogP contribution in [-0.4, -0.2) is 64.0 Å². The molecule has 8 heteroatoms. The average Bonchev–Trinajstić information content (AvgIpc) is 2.59. The highest BCUT2D eigenvalue weighted by molar-refractivity contribution is 6.44. The summed E-state index contributed by atoms with van der Waals surface area (Å²) in [6, 6.07) is 0.00868. The van der Waals surface area contributed by atoms with Gasteiger partial charge in [-0.25, -0.2) is 0 Å². The molecule has 0 aromatic carbocycles. The fourth-order valence-corrected chi connectivity index (χ4v) is 3.16. The van der Waals surface area contributed by atoms with Gasteiger partial charge in [-0.3, -0.25) is 20.1 Å². The largest absolute Gasteiger partial charge is 0.393 e. The lowest BCUT2D eigenvalue weighted by molar-refractivity contribution is -0.129. The highest BCUT2D eigenvalue weighted by Crippen LogP contribution is 2.24. The van der Waals surface area contributed by atoms with E-state index in [4.69, 9.17) is 0 Å². The Morgan fingerprint density at radius 1 is 1.38 bits per heavy atom. The van der Waals surface area contributed by atoms with E-state index in [1.54, 1.807) is 37.9 Å². The minimum atomic E-state index is -1.12. The number of amidine groups is 2. The van der Waals surface area contributed by atoms with Gasteiger partial charge in [0, 0.05) is 13.1 Å². The fourth-order valence-electron chi connectivity index (χ4n) is 3.16. The number of hydrogen-bond donors (Lipinski definition) is 4. The first kappa shape index (κ1) is 20.1. The van der Waals surface area contributed by atoms with E-state index in [0.29, 0.717) is 30.2 Å². The van der Waals surface area contributed by atoms with Crippen LogP contribution in [-0.2, 0) is 4.79 Å². The molecule has 144 valence electrons. The second-order valence-electron chi connectivity index (χ2n) is 7.07. The Morgan fingerprint density at radius 2 is 2.04 bits per heavy atom. The number of nitrogens with zero attached hydrogens (tertiary/aromatic N) is 3. The molecule has 0 spiro atoms. The van der Waals surface area contributed by atoms with Crippen LogP contribution in [0.4, 0.5) is 0 Å². The summed E-state index contributed by atoms with van der Waals surface area (Å²) in [5.74, 6) is 0.844. The predicted octanol–water partition coefficient (Wildman–Crippen LogP) is 0.494. The molecule has 0 aromatic heterocycles. The van der Waals surface area contributed by atoms with Gasteiger partial charge in [-0.2, -0.15) is 5.10 Å². The molecule has 2 aliphatic rings. The smallest absolute Gasteiger partial charge is 0.247 e. The van der Waals surface area contributed by atoms with Crippen LogP contribution in [0.25, 0.3) is 0 Å². The second-order valence-corrected chi connectivity index (χ2v) is 7.07. The summed E-state index contributed by atoms with van der Waals surface area (Å²) in [4.78, 5) is 18.4. The molecule has 1 aliphatic carbocycles. The third kappa shape index (κ3) is 4.70. The van der Waals surface area contributed by atoms with E-state index in [-0.39, 0.29) is 24.6 Å². The van der Waals surface area contributed by atoms with Gasteiger partial charge in [0.15, 0.2) is 11.7 Å². The quantitative estimate of drug-likeness (QED) is 0.420. The molecule has 2 rings (SSSR count). The van der Waals surface area contributed by atoms with Crippen LogP contribution in [0.3, 0.4) is 0 Å². The molecular weight excluding hydrogens is 334 g/mol. The van der Waals surface area contributed by atoms with Crippen LogP contribution < -0.4 is 10.7 Å². The number of nitrogens with one attached hydrogen (secondary N) is 2. The van der Waals surface area contributed by atoms with Crippen LogP contribution in [0, 0.1) is 0 Å². The Labute approximate surface area is 154 Å². The zero-order valence-electron chi connectivity index (χ0n) is 15.7. The SMILES string of the molecule is C=C/C=C(\N/N=C1/NCC(=O)N([C@H]2CC[C@H](O)CC2)/C1=N/C)C(C)(C)O. The van der Waals surface area contributed by atoms with Crippen LogP contribution >= 0.6 is 0 Å². The van der Waals surface area contributed by atoms with Crippen LogP contribution in [0.15, 0.2) is 34.5 Å². The van der Waals surface area contributed by atoms with Gasteiger partial charge in [0.25, 0.3) is 0 Å². The van der Waals surface area contributed by atoms with Crippen molar-refractivity contribution in [3.63, 3.8) is 0 Å². The van der Waals surface area contributed by atoms with E-state index >= 15 is 0 Å². The monoisotopic (exact) mass is 363 g/mol. The van der Waals surface area contributed by atoms with E-state index in [1.165, 1.54) is 0 Å². The lowest BCUT2D eigenvalue weighted by Crippen LogP contribution is -2.60. The molecule has 0 radical (unpaired) electrons. The molecule has 1 amide bonds. The van der Waals surface area contributed by atoms with Gasteiger partial charge in [-0.1, -0.05) is 12.7 Å².